The second-order valence-electron chi connectivity index (χ2n) is 3.86. The molecule has 0 saturated heterocycles. The third-order valence-corrected chi connectivity index (χ3v) is 3.26. The maximum absolute atomic E-state index is 6.07. The van der Waals surface area contributed by atoms with Crippen LogP contribution >= 0.6 is 23.2 Å². The largest absolute Gasteiger partial charge is 0.295 e. The molecule has 0 spiro atoms. The van der Waals surface area contributed by atoms with E-state index in [2.05, 4.69) is 16.8 Å². The van der Waals surface area contributed by atoms with Crippen molar-refractivity contribution in [2.24, 2.45) is 0 Å². The molecule has 0 unspecified atom stereocenters. The zero-order chi connectivity index (χ0) is 10.8. The summed E-state index contributed by atoms with van der Waals surface area (Å²) in [6.45, 7) is 4.01. The predicted octanol–water partition coefficient (Wildman–Crippen LogP) is 3.37. The van der Waals surface area contributed by atoms with Crippen LogP contribution in [0.2, 0.25) is 10.2 Å². The summed E-state index contributed by atoms with van der Waals surface area (Å²) in [6.07, 6.45) is 2.60. The summed E-state index contributed by atoms with van der Waals surface area (Å²) in [5.74, 6) is 0. The molecule has 1 aromatic rings. The minimum Gasteiger partial charge on any atom is -0.295 e. The van der Waals surface area contributed by atoms with Crippen LogP contribution in [0.3, 0.4) is 0 Å². The van der Waals surface area contributed by atoms with Gasteiger partial charge in [-0.2, -0.15) is 0 Å². The Morgan fingerprint density at radius 2 is 2.13 bits per heavy atom. The maximum Gasteiger partial charge on any atom is 0.129 e. The van der Waals surface area contributed by atoms with E-state index >= 15 is 0 Å². The molecular formula is C11H14Cl2N2. The standard InChI is InChI=1S/C11H14Cl2N2/c1-2-15(8-3-4-8)7-10-9(12)5-6-11(13)14-10/h5-6,8H,2-4,7H2,1H3. The zero-order valence-electron chi connectivity index (χ0n) is 8.71. The quantitative estimate of drug-likeness (QED) is 0.756. The summed E-state index contributed by atoms with van der Waals surface area (Å²) in [6, 6.07) is 4.26. The fourth-order valence-corrected chi connectivity index (χ4v) is 2.03. The van der Waals surface area contributed by atoms with Crippen LogP contribution in [0.25, 0.3) is 0 Å². The van der Waals surface area contributed by atoms with Gasteiger partial charge in [0, 0.05) is 12.6 Å². The van der Waals surface area contributed by atoms with Crippen molar-refractivity contribution in [1.82, 2.24) is 9.88 Å². The average molecular weight is 245 g/mol. The Kier molecular flexibility index (Phi) is 3.49. The molecule has 2 rings (SSSR count). The van der Waals surface area contributed by atoms with Crippen LogP contribution in [0, 0.1) is 0 Å². The molecule has 1 aliphatic carbocycles. The topological polar surface area (TPSA) is 16.1 Å². The Labute approximate surface area is 100 Å². The zero-order valence-corrected chi connectivity index (χ0v) is 10.2. The first-order chi connectivity index (χ1) is 7.20. The van der Waals surface area contributed by atoms with E-state index in [1.54, 1.807) is 6.07 Å². The van der Waals surface area contributed by atoms with Crippen LogP contribution in [-0.4, -0.2) is 22.5 Å². The minimum atomic E-state index is 0.515. The second kappa shape index (κ2) is 4.69. The minimum absolute atomic E-state index is 0.515. The highest BCUT2D eigenvalue weighted by Gasteiger charge is 2.28. The van der Waals surface area contributed by atoms with E-state index in [1.807, 2.05) is 6.07 Å². The Hall–Kier alpha value is -0.310. The summed E-state index contributed by atoms with van der Waals surface area (Å²) in [4.78, 5) is 6.66. The SMILES string of the molecule is CCN(Cc1nc(Cl)ccc1Cl)C1CC1. The fraction of sp³-hybridized carbons (Fsp3) is 0.545. The number of hydrogen-bond acceptors (Lipinski definition) is 2. The van der Waals surface area contributed by atoms with Crippen LogP contribution in [-0.2, 0) is 6.54 Å². The van der Waals surface area contributed by atoms with Gasteiger partial charge in [-0.05, 0) is 31.5 Å². The van der Waals surface area contributed by atoms with Crippen LogP contribution in [0.15, 0.2) is 12.1 Å². The van der Waals surface area contributed by atoms with Gasteiger partial charge in [0.05, 0.1) is 10.7 Å². The molecule has 15 heavy (non-hydrogen) atoms. The van der Waals surface area contributed by atoms with Gasteiger partial charge < -0.3 is 0 Å². The van der Waals surface area contributed by atoms with Crippen LogP contribution in [0.4, 0.5) is 0 Å². The van der Waals surface area contributed by atoms with Crippen molar-refractivity contribution in [3.05, 3.63) is 28.0 Å². The lowest BCUT2D eigenvalue weighted by Crippen LogP contribution is -2.25. The van der Waals surface area contributed by atoms with E-state index in [9.17, 15) is 0 Å². The van der Waals surface area contributed by atoms with Gasteiger partial charge in [0.25, 0.3) is 0 Å². The van der Waals surface area contributed by atoms with Gasteiger partial charge in [0.15, 0.2) is 0 Å². The maximum atomic E-state index is 6.07. The molecule has 0 amide bonds. The highest BCUT2D eigenvalue weighted by molar-refractivity contribution is 6.32. The highest BCUT2D eigenvalue weighted by atomic mass is 35.5. The number of halogens is 2. The van der Waals surface area contributed by atoms with E-state index in [1.165, 1.54) is 12.8 Å². The molecule has 0 bridgehead atoms. The van der Waals surface area contributed by atoms with Gasteiger partial charge in [0.1, 0.15) is 5.15 Å². The Morgan fingerprint density at radius 1 is 1.40 bits per heavy atom. The first kappa shape index (κ1) is 11.2. The first-order valence-electron chi connectivity index (χ1n) is 5.25. The molecule has 0 aliphatic heterocycles. The molecule has 1 aromatic heterocycles. The molecule has 82 valence electrons. The molecule has 4 heteroatoms. The number of aromatic nitrogens is 1. The lowest BCUT2D eigenvalue weighted by Gasteiger charge is -2.19. The molecule has 0 radical (unpaired) electrons. The summed E-state index contributed by atoms with van der Waals surface area (Å²) >= 11 is 11.9. The molecule has 1 heterocycles. The monoisotopic (exact) mass is 244 g/mol. The van der Waals surface area contributed by atoms with E-state index < -0.39 is 0 Å². The summed E-state index contributed by atoms with van der Waals surface area (Å²) in [7, 11) is 0. The number of nitrogens with zero attached hydrogens (tertiary/aromatic N) is 2. The second-order valence-corrected chi connectivity index (χ2v) is 4.65. The third-order valence-electron chi connectivity index (χ3n) is 2.71. The van der Waals surface area contributed by atoms with Gasteiger partial charge in [0.2, 0.25) is 0 Å². The van der Waals surface area contributed by atoms with Crippen molar-refractivity contribution >= 4 is 23.2 Å². The van der Waals surface area contributed by atoms with Crippen molar-refractivity contribution in [3.8, 4) is 0 Å². The average Bonchev–Trinajstić information content (AvgIpc) is 3.03. The third kappa shape index (κ3) is 2.83. The molecule has 1 saturated carbocycles. The Bertz CT molecular complexity index is 350. The lowest BCUT2D eigenvalue weighted by atomic mass is 10.3. The van der Waals surface area contributed by atoms with Crippen molar-refractivity contribution in [2.45, 2.75) is 32.4 Å². The van der Waals surface area contributed by atoms with Crippen molar-refractivity contribution in [1.29, 1.82) is 0 Å². The molecule has 0 atom stereocenters. The van der Waals surface area contributed by atoms with Crippen molar-refractivity contribution in [3.63, 3.8) is 0 Å². The van der Waals surface area contributed by atoms with Crippen LogP contribution in [0.5, 0.6) is 0 Å². The predicted molar refractivity (Wildman–Crippen MR) is 63.4 cm³/mol. The van der Waals surface area contributed by atoms with Gasteiger partial charge in [-0.3, -0.25) is 4.90 Å². The van der Waals surface area contributed by atoms with Gasteiger partial charge in [-0.15, -0.1) is 0 Å². The van der Waals surface area contributed by atoms with Crippen molar-refractivity contribution in [2.75, 3.05) is 6.54 Å². The molecule has 2 nitrogen and oxygen atoms in total. The normalized spacial score (nSPS) is 16.0. The first-order valence-corrected chi connectivity index (χ1v) is 6.01. The van der Waals surface area contributed by atoms with Crippen LogP contribution in [0.1, 0.15) is 25.5 Å². The molecule has 0 N–H and O–H groups in total. The molecule has 1 aliphatic rings. The molecular weight excluding hydrogens is 231 g/mol. The Balaban J connectivity index is 2.11. The smallest absolute Gasteiger partial charge is 0.129 e. The lowest BCUT2D eigenvalue weighted by molar-refractivity contribution is 0.266. The van der Waals surface area contributed by atoms with Gasteiger partial charge in [-0.1, -0.05) is 30.1 Å². The number of pyridine rings is 1. The summed E-state index contributed by atoms with van der Waals surface area (Å²) in [5, 5.41) is 1.22. The van der Waals surface area contributed by atoms with E-state index in [4.69, 9.17) is 23.2 Å². The molecule has 1 fully saturated rings. The van der Waals surface area contributed by atoms with E-state index in [-0.39, 0.29) is 0 Å². The van der Waals surface area contributed by atoms with E-state index in [0.717, 1.165) is 24.8 Å². The summed E-state index contributed by atoms with van der Waals surface area (Å²) in [5.41, 5.74) is 0.887. The van der Waals surface area contributed by atoms with E-state index in [0.29, 0.717) is 10.2 Å². The van der Waals surface area contributed by atoms with Gasteiger partial charge >= 0.3 is 0 Å². The number of hydrogen-bond donors (Lipinski definition) is 0. The van der Waals surface area contributed by atoms with Gasteiger partial charge in [-0.25, -0.2) is 4.98 Å². The fourth-order valence-electron chi connectivity index (χ4n) is 1.70. The van der Waals surface area contributed by atoms with Crippen LogP contribution < -0.4 is 0 Å². The Morgan fingerprint density at radius 3 is 2.73 bits per heavy atom. The molecule has 0 aromatic carbocycles. The summed E-state index contributed by atoms with van der Waals surface area (Å²) < 4.78 is 0. The number of rotatable bonds is 4. The van der Waals surface area contributed by atoms with Crippen molar-refractivity contribution < 1.29 is 0 Å². The highest BCUT2D eigenvalue weighted by Crippen LogP contribution is 2.29.